The second kappa shape index (κ2) is 7.75. The lowest BCUT2D eigenvalue weighted by Crippen LogP contribution is -2.41. The zero-order chi connectivity index (χ0) is 18.7. The van der Waals surface area contributed by atoms with Crippen LogP contribution in [0.25, 0.3) is 0 Å². The molecule has 144 valence electrons. The van der Waals surface area contributed by atoms with Crippen molar-refractivity contribution >= 4 is 11.9 Å². The number of halogens is 3. The van der Waals surface area contributed by atoms with Crippen LogP contribution in [0, 0.1) is 0 Å². The molecule has 3 aliphatic rings. The van der Waals surface area contributed by atoms with Crippen LogP contribution in [-0.4, -0.2) is 59.3 Å². The summed E-state index contributed by atoms with van der Waals surface area (Å²) in [5, 5.41) is 0. The third kappa shape index (κ3) is 4.42. The number of nitrogen functional groups attached to an aromatic ring is 1. The van der Waals surface area contributed by atoms with Crippen molar-refractivity contribution in [1.82, 2.24) is 14.9 Å². The molecule has 0 unspecified atom stereocenters. The Morgan fingerprint density at radius 2 is 1.73 bits per heavy atom. The summed E-state index contributed by atoms with van der Waals surface area (Å²) in [7, 11) is 0. The van der Waals surface area contributed by atoms with Gasteiger partial charge in [0.05, 0.1) is 31.0 Å². The number of carbonyl (C=O) groups is 1. The van der Waals surface area contributed by atoms with Crippen molar-refractivity contribution in [3.05, 3.63) is 17.5 Å². The molecule has 0 aromatic carbocycles. The number of fused-ring (bicyclic) bond motifs is 2. The number of rotatable bonds is 1. The van der Waals surface area contributed by atoms with E-state index in [-0.39, 0.29) is 13.1 Å². The molecule has 0 atom stereocenters. The maximum atomic E-state index is 12.8. The van der Waals surface area contributed by atoms with Crippen LogP contribution >= 0.6 is 0 Å². The van der Waals surface area contributed by atoms with E-state index in [1.54, 1.807) is 0 Å². The zero-order valence-electron chi connectivity index (χ0n) is 14.2. The number of carbonyl (C=O) groups excluding carboxylic acids is 1. The topological polar surface area (TPSA) is 90.6 Å². The first-order chi connectivity index (χ1) is 12.3. The van der Waals surface area contributed by atoms with E-state index in [9.17, 15) is 18.0 Å². The van der Waals surface area contributed by atoms with Crippen molar-refractivity contribution in [2.24, 2.45) is 0 Å². The fourth-order valence-electron chi connectivity index (χ4n) is 3.28. The first-order valence-corrected chi connectivity index (χ1v) is 8.57. The summed E-state index contributed by atoms with van der Waals surface area (Å²) in [4.78, 5) is 19.9. The number of morpholine rings is 1. The second-order valence-electron chi connectivity index (χ2n) is 6.43. The van der Waals surface area contributed by atoms with Crippen molar-refractivity contribution in [1.29, 1.82) is 0 Å². The van der Waals surface area contributed by atoms with E-state index in [4.69, 9.17) is 15.2 Å². The van der Waals surface area contributed by atoms with Crippen LogP contribution in [0.3, 0.4) is 0 Å². The molecular formula is C16H21F3N4O3. The van der Waals surface area contributed by atoms with Gasteiger partial charge in [0.25, 0.3) is 5.91 Å². The Bertz CT molecular complexity index is 632. The van der Waals surface area contributed by atoms with Gasteiger partial charge in [0.1, 0.15) is 0 Å². The summed E-state index contributed by atoms with van der Waals surface area (Å²) in [5.41, 5.74) is 3.23. The number of anilines is 1. The van der Waals surface area contributed by atoms with Gasteiger partial charge < -0.3 is 20.1 Å². The van der Waals surface area contributed by atoms with Crippen molar-refractivity contribution in [2.75, 3.05) is 32.0 Å². The average molecular weight is 374 g/mol. The van der Waals surface area contributed by atoms with Gasteiger partial charge in [-0.3, -0.25) is 4.79 Å². The van der Waals surface area contributed by atoms with Crippen LogP contribution < -0.4 is 5.73 Å². The van der Waals surface area contributed by atoms with E-state index in [1.807, 2.05) is 0 Å². The molecule has 0 saturated carbocycles. The molecule has 7 nitrogen and oxygen atoms in total. The van der Waals surface area contributed by atoms with Crippen LogP contribution in [-0.2, 0) is 15.7 Å². The number of aromatic nitrogens is 2. The minimum atomic E-state index is -4.76. The molecular weight excluding hydrogens is 353 g/mol. The minimum Gasteiger partial charge on any atom is -0.378 e. The van der Waals surface area contributed by atoms with Gasteiger partial charge in [-0.15, -0.1) is 0 Å². The molecule has 3 saturated heterocycles. The van der Waals surface area contributed by atoms with Crippen molar-refractivity contribution in [3.63, 3.8) is 0 Å². The van der Waals surface area contributed by atoms with Gasteiger partial charge >= 0.3 is 6.18 Å². The number of hydrogen-bond donors (Lipinski definition) is 1. The lowest BCUT2D eigenvalue weighted by atomic mass is 10.0. The highest BCUT2D eigenvalue weighted by Gasteiger charge is 2.39. The van der Waals surface area contributed by atoms with Gasteiger partial charge in [-0.25, -0.2) is 9.97 Å². The average Bonchev–Trinajstić information content (AvgIpc) is 3.27. The lowest BCUT2D eigenvalue weighted by molar-refractivity contribution is -0.141. The Labute approximate surface area is 148 Å². The number of amides is 1. The molecule has 0 spiro atoms. The van der Waals surface area contributed by atoms with E-state index in [0.717, 1.165) is 6.20 Å². The predicted octanol–water partition coefficient (Wildman–Crippen LogP) is 1.88. The molecule has 1 aromatic heterocycles. The zero-order valence-corrected chi connectivity index (χ0v) is 14.2. The fraction of sp³-hybridized carbons (Fsp3) is 0.688. The molecule has 0 radical (unpaired) electrons. The van der Waals surface area contributed by atoms with Gasteiger partial charge in [-0.2, -0.15) is 13.2 Å². The number of ether oxygens (including phenoxy) is 2. The van der Waals surface area contributed by atoms with Crippen LogP contribution in [0.2, 0.25) is 0 Å². The number of nitrogens with zero attached hydrogens (tertiary/aromatic N) is 3. The minimum absolute atomic E-state index is 0.237. The maximum Gasteiger partial charge on any atom is 0.434 e. The largest absolute Gasteiger partial charge is 0.434 e. The Hall–Kier alpha value is -1.94. The summed E-state index contributed by atoms with van der Waals surface area (Å²) in [5.74, 6) is -1.29. The lowest BCUT2D eigenvalue weighted by Gasteiger charge is -2.27. The van der Waals surface area contributed by atoms with Gasteiger partial charge in [-0.05, 0) is 25.7 Å². The molecule has 26 heavy (non-hydrogen) atoms. The number of nitrogens with two attached hydrogens (primary N) is 1. The molecule has 0 aliphatic carbocycles. The molecule has 2 N–H and O–H groups in total. The highest BCUT2D eigenvalue weighted by Crippen LogP contribution is 2.33. The Morgan fingerprint density at radius 1 is 1.15 bits per heavy atom. The molecule has 1 aromatic rings. The smallest absolute Gasteiger partial charge is 0.378 e. The third-order valence-electron chi connectivity index (χ3n) is 4.61. The summed E-state index contributed by atoms with van der Waals surface area (Å²) in [6.45, 7) is 1.06. The highest BCUT2D eigenvalue weighted by molar-refractivity contribution is 5.95. The van der Waals surface area contributed by atoms with Gasteiger partial charge in [-0.1, -0.05) is 0 Å². The van der Waals surface area contributed by atoms with Crippen molar-refractivity contribution in [3.8, 4) is 0 Å². The van der Waals surface area contributed by atoms with E-state index in [0.29, 0.717) is 25.4 Å². The van der Waals surface area contributed by atoms with Crippen LogP contribution in [0.15, 0.2) is 6.20 Å². The highest BCUT2D eigenvalue weighted by atomic mass is 19.4. The van der Waals surface area contributed by atoms with Crippen LogP contribution in [0.1, 0.15) is 41.7 Å². The summed E-state index contributed by atoms with van der Waals surface area (Å²) < 4.78 is 49.0. The third-order valence-corrected chi connectivity index (χ3v) is 4.61. The molecule has 2 bridgehead atoms. The monoisotopic (exact) mass is 374 g/mol. The number of alkyl halides is 3. The SMILES string of the molecule is C1CC2CCC1O2.Nc1ncc(C(=O)N2CCOCC2)c(C(F)(F)F)n1. The van der Waals surface area contributed by atoms with E-state index >= 15 is 0 Å². The molecule has 10 heteroatoms. The van der Waals surface area contributed by atoms with Crippen LogP contribution in [0.5, 0.6) is 0 Å². The van der Waals surface area contributed by atoms with Crippen molar-refractivity contribution in [2.45, 2.75) is 44.1 Å². The normalized spacial score (nSPS) is 25.0. The molecule has 3 aliphatic heterocycles. The quantitative estimate of drug-likeness (QED) is 0.807. The molecule has 4 rings (SSSR count). The molecule has 4 heterocycles. The van der Waals surface area contributed by atoms with Gasteiger partial charge in [0.2, 0.25) is 5.95 Å². The summed E-state index contributed by atoms with van der Waals surface area (Å²) >= 11 is 0. The summed E-state index contributed by atoms with van der Waals surface area (Å²) in [6, 6.07) is 0. The van der Waals surface area contributed by atoms with E-state index < -0.39 is 29.3 Å². The standard InChI is InChI=1S/C10H11F3N4O2.C6H10O/c11-10(12,13)7-6(5-15-9(14)16-7)8(18)17-1-3-19-4-2-17;1-2-6-4-3-5(1)7-6/h5H,1-4H2,(H2,14,15,16);5-6H,1-4H2. The van der Waals surface area contributed by atoms with Gasteiger partial charge in [0, 0.05) is 19.3 Å². The fourth-order valence-corrected chi connectivity index (χ4v) is 3.28. The molecule has 1 amide bonds. The molecule has 3 fully saturated rings. The predicted molar refractivity (Wildman–Crippen MR) is 85.3 cm³/mol. The van der Waals surface area contributed by atoms with Gasteiger partial charge in [0.15, 0.2) is 5.69 Å². The second-order valence-corrected chi connectivity index (χ2v) is 6.43. The van der Waals surface area contributed by atoms with Crippen molar-refractivity contribution < 1.29 is 27.4 Å². The van der Waals surface area contributed by atoms with E-state index in [2.05, 4.69) is 9.97 Å². The first kappa shape index (κ1) is 18.8. The maximum absolute atomic E-state index is 12.8. The van der Waals surface area contributed by atoms with E-state index in [1.165, 1.54) is 30.6 Å². The Balaban J connectivity index is 0.000000229. The number of hydrogen-bond acceptors (Lipinski definition) is 6. The summed E-state index contributed by atoms with van der Waals surface area (Å²) in [6.07, 6.45) is 2.75. The Morgan fingerprint density at radius 3 is 2.19 bits per heavy atom. The Kier molecular flexibility index (Phi) is 5.61. The van der Waals surface area contributed by atoms with Crippen LogP contribution in [0.4, 0.5) is 19.1 Å². The first-order valence-electron chi connectivity index (χ1n) is 8.57.